The maximum atomic E-state index is 13.5. The van der Waals surface area contributed by atoms with E-state index in [1.54, 1.807) is 12.1 Å². The van der Waals surface area contributed by atoms with Crippen LogP contribution < -0.4 is 5.32 Å². The van der Waals surface area contributed by atoms with Crippen molar-refractivity contribution in [3.05, 3.63) is 70.2 Å². The molecule has 29 heavy (non-hydrogen) atoms. The Morgan fingerprint density at radius 1 is 1.17 bits per heavy atom. The summed E-state index contributed by atoms with van der Waals surface area (Å²) in [6.07, 6.45) is 2.11. The first-order valence-corrected chi connectivity index (χ1v) is 10.2. The summed E-state index contributed by atoms with van der Waals surface area (Å²) < 4.78 is 26.5. The zero-order valence-electron chi connectivity index (χ0n) is 15.9. The molecule has 0 aromatic heterocycles. The van der Waals surface area contributed by atoms with Gasteiger partial charge in [-0.15, -0.1) is 0 Å². The molecule has 2 aromatic rings. The number of benzene rings is 2. The van der Waals surface area contributed by atoms with E-state index in [1.165, 1.54) is 30.3 Å². The molecule has 2 N–H and O–H groups in total. The molecule has 2 aromatic carbocycles. The van der Waals surface area contributed by atoms with Crippen molar-refractivity contribution in [3.63, 3.8) is 0 Å². The first-order valence-electron chi connectivity index (χ1n) is 9.77. The summed E-state index contributed by atoms with van der Waals surface area (Å²) in [6, 6.07) is 9.84. The van der Waals surface area contributed by atoms with Gasteiger partial charge in [0.1, 0.15) is 11.6 Å². The van der Waals surface area contributed by atoms with Crippen molar-refractivity contribution in [1.29, 1.82) is 0 Å². The van der Waals surface area contributed by atoms with E-state index in [0.717, 1.165) is 32.4 Å². The minimum Gasteiger partial charge on any atom is -0.387 e. The molecule has 2 atom stereocenters. The topological polar surface area (TPSA) is 52.6 Å². The predicted molar refractivity (Wildman–Crippen MR) is 107 cm³/mol. The molecule has 0 radical (unpaired) electrons. The van der Waals surface area contributed by atoms with Crippen LogP contribution in [0.2, 0.25) is 5.02 Å². The van der Waals surface area contributed by atoms with Crippen LogP contribution in [0.25, 0.3) is 0 Å². The molecule has 4 nitrogen and oxygen atoms in total. The lowest BCUT2D eigenvalue weighted by atomic mass is 9.92. The number of carbonyl (C=O) groups is 1. The molecule has 0 bridgehead atoms. The Balaban J connectivity index is 1.27. The molecule has 1 unspecified atom stereocenters. The van der Waals surface area contributed by atoms with Crippen molar-refractivity contribution in [2.75, 3.05) is 19.6 Å². The number of nitrogens with zero attached hydrogens (tertiary/aromatic N) is 1. The summed E-state index contributed by atoms with van der Waals surface area (Å²) in [5.74, 6) is -1.15. The first-order chi connectivity index (χ1) is 13.8. The van der Waals surface area contributed by atoms with Gasteiger partial charge in [-0.3, -0.25) is 4.79 Å². The van der Waals surface area contributed by atoms with Crippen molar-refractivity contribution >= 4 is 17.5 Å². The van der Waals surface area contributed by atoms with Crippen molar-refractivity contribution in [2.45, 2.75) is 31.4 Å². The molecule has 7 heteroatoms. The number of aliphatic hydroxyl groups excluding tert-OH is 1. The number of amides is 1. The SMILES string of the molecule is O=C(N[C@@H]1CC12CCN(CC(O)c1ccc(F)cc1)CC2)c1cc(F)cc(Cl)c1. The quantitative estimate of drug-likeness (QED) is 0.770. The molecular weight excluding hydrogens is 398 g/mol. The average Bonchev–Trinajstić information content (AvgIpc) is 3.34. The minimum atomic E-state index is -0.655. The normalized spacial score (nSPS) is 21.7. The Bertz CT molecular complexity index is 878. The van der Waals surface area contributed by atoms with Crippen LogP contribution in [0.3, 0.4) is 0 Å². The molecule has 1 aliphatic carbocycles. The van der Waals surface area contributed by atoms with Gasteiger partial charge < -0.3 is 15.3 Å². The Labute approximate surface area is 173 Å². The zero-order valence-corrected chi connectivity index (χ0v) is 16.6. The maximum Gasteiger partial charge on any atom is 0.251 e. The fraction of sp³-hybridized carbons (Fsp3) is 0.409. The van der Waals surface area contributed by atoms with E-state index in [0.29, 0.717) is 12.1 Å². The standard InChI is InChI=1S/C22H23ClF2N2O2/c23-16-9-15(10-18(25)11-16)21(29)26-20-12-22(20)5-7-27(8-6-22)13-19(28)14-1-3-17(24)4-2-14/h1-4,9-11,19-20,28H,5-8,12-13H2,(H,26,29)/t19?,20-/m1/s1. The highest BCUT2D eigenvalue weighted by Crippen LogP contribution is 2.54. The number of rotatable bonds is 5. The van der Waals surface area contributed by atoms with Gasteiger partial charge in [0.05, 0.1) is 6.10 Å². The third kappa shape index (κ3) is 4.60. The highest BCUT2D eigenvalue weighted by molar-refractivity contribution is 6.31. The molecule has 1 aliphatic heterocycles. The Morgan fingerprint density at radius 2 is 1.86 bits per heavy atom. The molecule has 1 spiro atoms. The summed E-state index contributed by atoms with van der Waals surface area (Å²) in [6.45, 7) is 2.16. The third-order valence-corrected chi connectivity index (χ3v) is 6.38. The number of nitrogens with one attached hydrogen (secondary N) is 1. The van der Waals surface area contributed by atoms with Crippen molar-refractivity contribution < 1.29 is 18.7 Å². The van der Waals surface area contributed by atoms with Crippen LogP contribution in [-0.4, -0.2) is 41.6 Å². The highest BCUT2D eigenvalue weighted by atomic mass is 35.5. The van der Waals surface area contributed by atoms with Gasteiger partial charge in [0, 0.05) is 23.2 Å². The van der Waals surface area contributed by atoms with Gasteiger partial charge in [0.2, 0.25) is 0 Å². The van der Waals surface area contributed by atoms with E-state index in [-0.39, 0.29) is 33.8 Å². The smallest absolute Gasteiger partial charge is 0.251 e. The number of carbonyl (C=O) groups excluding carboxylic acids is 1. The minimum absolute atomic E-state index is 0.0845. The lowest BCUT2D eigenvalue weighted by Gasteiger charge is -2.34. The largest absolute Gasteiger partial charge is 0.387 e. The van der Waals surface area contributed by atoms with Crippen LogP contribution in [0.4, 0.5) is 8.78 Å². The zero-order chi connectivity index (χ0) is 20.6. The number of hydrogen-bond acceptors (Lipinski definition) is 3. The fourth-order valence-corrected chi connectivity index (χ4v) is 4.47. The van der Waals surface area contributed by atoms with Gasteiger partial charge in [-0.05, 0) is 73.7 Å². The van der Waals surface area contributed by atoms with E-state index in [9.17, 15) is 18.7 Å². The van der Waals surface area contributed by atoms with Crippen LogP contribution in [0.5, 0.6) is 0 Å². The molecule has 154 valence electrons. The molecule has 2 fully saturated rings. The van der Waals surface area contributed by atoms with Crippen LogP contribution in [0, 0.1) is 17.0 Å². The Morgan fingerprint density at radius 3 is 2.52 bits per heavy atom. The van der Waals surface area contributed by atoms with Crippen LogP contribution in [0.15, 0.2) is 42.5 Å². The van der Waals surface area contributed by atoms with Gasteiger partial charge >= 0.3 is 0 Å². The van der Waals surface area contributed by atoms with E-state index in [1.807, 2.05) is 0 Å². The predicted octanol–water partition coefficient (Wildman–Crippen LogP) is 3.94. The number of piperidine rings is 1. The van der Waals surface area contributed by atoms with Crippen LogP contribution in [0.1, 0.15) is 41.3 Å². The van der Waals surface area contributed by atoms with Crippen LogP contribution >= 0.6 is 11.6 Å². The van der Waals surface area contributed by atoms with E-state index >= 15 is 0 Å². The fourth-order valence-electron chi connectivity index (χ4n) is 4.25. The van der Waals surface area contributed by atoms with Gasteiger partial charge in [-0.2, -0.15) is 0 Å². The Kier molecular flexibility index (Phi) is 5.60. The third-order valence-electron chi connectivity index (χ3n) is 6.16. The number of aliphatic hydroxyl groups is 1. The van der Waals surface area contributed by atoms with E-state index in [4.69, 9.17) is 11.6 Å². The lowest BCUT2D eigenvalue weighted by molar-refractivity contribution is 0.0812. The summed E-state index contributed by atoms with van der Waals surface area (Å²) in [5.41, 5.74) is 1.03. The number of hydrogen-bond donors (Lipinski definition) is 2. The number of likely N-dealkylation sites (tertiary alicyclic amines) is 1. The molecule has 1 saturated carbocycles. The monoisotopic (exact) mass is 420 g/mol. The molecule has 4 rings (SSSR count). The van der Waals surface area contributed by atoms with Gasteiger partial charge in [-0.1, -0.05) is 23.7 Å². The number of β-amino-alcohol motifs (C(OH)–C–C–N with tert-alkyl or cyclic N) is 1. The second-order valence-corrected chi connectivity index (χ2v) is 8.56. The average molecular weight is 421 g/mol. The second kappa shape index (κ2) is 8.01. The highest BCUT2D eigenvalue weighted by Gasteiger charge is 2.55. The molecule has 1 saturated heterocycles. The molecule has 2 aliphatic rings. The van der Waals surface area contributed by atoms with Crippen molar-refractivity contribution in [3.8, 4) is 0 Å². The van der Waals surface area contributed by atoms with Crippen LogP contribution in [-0.2, 0) is 0 Å². The van der Waals surface area contributed by atoms with E-state index in [2.05, 4.69) is 10.2 Å². The first kappa shape index (κ1) is 20.3. The van der Waals surface area contributed by atoms with Gasteiger partial charge in [0.15, 0.2) is 0 Å². The maximum absolute atomic E-state index is 13.5. The van der Waals surface area contributed by atoms with Gasteiger partial charge in [-0.25, -0.2) is 8.78 Å². The van der Waals surface area contributed by atoms with Crippen molar-refractivity contribution in [2.24, 2.45) is 5.41 Å². The summed E-state index contributed by atoms with van der Waals surface area (Å²) in [5, 5.41) is 13.6. The second-order valence-electron chi connectivity index (χ2n) is 8.12. The Hall–Kier alpha value is -2.02. The van der Waals surface area contributed by atoms with Gasteiger partial charge in [0.25, 0.3) is 5.91 Å². The molecular formula is C22H23ClF2N2O2. The van der Waals surface area contributed by atoms with Crippen molar-refractivity contribution in [1.82, 2.24) is 10.2 Å². The lowest BCUT2D eigenvalue weighted by Crippen LogP contribution is -2.40. The van der Waals surface area contributed by atoms with E-state index < -0.39 is 11.9 Å². The molecule has 1 amide bonds. The summed E-state index contributed by atoms with van der Waals surface area (Å²) in [4.78, 5) is 14.6. The summed E-state index contributed by atoms with van der Waals surface area (Å²) >= 11 is 5.83. The summed E-state index contributed by atoms with van der Waals surface area (Å²) in [7, 11) is 0. The number of halogens is 3. The molecule has 1 heterocycles.